The van der Waals surface area contributed by atoms with Crippen molar-refractivity contribution >= 4 is 21.4 Å². The van der Waals surface area contributed by atoms with Crippen LogP contribution in [0, 0.1) is 5.82 Å². The zero-order chi connectivity index (χ0) is 28.1. The van der Waals surface area contributed by atoms with Gasteiger partial charge in [-0.05, 0) is 59.8 Å². The molecule has 1 atom stereocenters. The third-order valence-electron chi connectivity index (χ3n) is 7.95. The topological polar surface area (TPSA) is 83.7 Å². The van der Waals surface area contributed by atoms with Crippen LogP contribution in [0.5, 0.6) is 5.75 Å². The van der Waals surface area contributed by atoms with Gasteiger partial charge in [-0.1, -0.05) is 18.7 Å². The summed E-state index contributed by atoms with van der Waals surface area (Å²) in [6.07, 6.45) is 2.33. The maximum atomic E-state index is 14.3. The number of thiophene rings is 1. The third-order valence-corrected chi connectivity index (χ3v) is 8.88. The standard InChI is InChI=1S/C32H29FN4O3S/c1-3-27(38)37-12-9-25-24(17-37)35-32(40-25)30-28(22-7-6-21(33)15-26(22)39-2)31-23(10-13-41-31)29(36-30)19-4-5-20-16-34-11-8-18(20)14-19/h3-7,10,13-15,27,34,38H,1,8-9,11-12,16-17H2,2H3. The molecule has 0 saturated carbocycles. The second kappa shape index (κ2) is 10.5. The number of hydrogen-bond acceptors (Lipinski definition) is 8. The maximum Gasteiger partial charge on any atom is 0.246 e. The Hall–Kier alpha value is -3.89. The van der Waals surface area contributed by atoms with Crippen molar-refractivity contribution in [1.82, 2.24) is 20.2 Å². The van der Waals surface area contributed by atoms with Gasteiger partial charge in [0.15, 0.2) is 0 Å². The Labute approximate surface area is 240 Å². The number of aromatic nitrogens is 2. The first-order valence-corrected chi connectivity index (χ1v) is 14.5. The minimum Gasteiger partial charge on any atom is -0.496 e. The van der Waals surface area contributed by atoms with Crippen LogP contribution >= 0.6 is 11.3 Å². The van der Waals surface area contributed by atoms with E-state index in [0.29, 0.717) is 42.4 Å². The molecule has 0 saturated heterocycles. The Morgan fingerprint density at radius 3 is 2.90 bits per heavy atom. The van der Waals surface area contributed by atoms with Gasteiger partial charge in [-0.25, -0.2) is 14.4 Å². The molecule has 1 unspecified atom stereocenters. The van der Waals surface area contributed by atoms with E-state index in [1.807, 2.05) is 4.90 Å². The molecule has 7 rings (SSSR count). The lowest BCUT2D eigenvalue weighted by Crippen LogP contribution is -2.37. The fourth-order valence-corrected chi connectivity index (χ4v) is 6.80. The van der Waals surface area contributed by atoms with Gasteiger partial charge in [0.2, 0.25) is 5.89 Å². The third kappa shape index (κ3) is 4.55. The zero-order valence-corrected chi connectivity index (χ0v) is 23.4. The number of ether oxygens (including phenoxy) is 1. The number of methoxy groups -OCH3 is 1. The molecule has 2 aliphatic rings. The van der Waals surface area contributed by atoms with Gasteiger partial charge in [-0.3, -0.25) is 4.90 Å². The second-order valence-corrected chi connectivity index (χ2v) is 11.3. The lowest BCUT2D eigenvalue weighted by molar-refractivity contribution is 0.0291. The molecule has 208 valence electrons. The molecule has 9 heteroatoms. The van der Waals surface area contributed by atoms with E-state index in [4.69, 9.17) is 19.1 Å². The Balaban J connectivity index is 1.46. The lowest BCUT2D eigenvalue weighted by atomic mass is 9.94. The summed E-state index contributed by atoms with van der Waals surface area (Å²) in [4.78, 5) is 12.1. The van der Waals surface area contributed by atoms with Gasteiger partial charge in [0, 0.05) is 58.9 Å². The molecule has 0 radical (unpaired) electrons. The summed E-state index contributed by atoms with van der Waals surface area (Å²) in [5.74, 6) is 1.20. The van der Waals surface area contributed by atoms with Crippen LogP contribution in [0.2, 0.25) is 0 Å². The highest BCUT2D eigenvalue weighted by atomic mass is 32.1. The number of fused-ring (bicyclic) bond motifs is 3. The zero-order valence-electron chi connectivity index (χ0n) is 22.6. The van der Waals surface area contributed by atoms with Gasteiger partial charge in [0.1, 0.15) is 29.2 Å². The minimum absolute atomic E-state index is 0.379. The van der Waals surface area contributed by atoms with Crippen molar-refractivity contribution in [3.8, 4) is 39.7 Å². The van der Waals surface area contributed by atoms with Gasteiger partial charge in [0.25, 0.3) is 0 Å². The predicted molar refractivity (Wildman–Crippen MR) is 158 cm³/mol. The minimum atomic E-state index is -0.756. The van der Waals surface area contributed by atoms with Gasteiger partial charge in [-0.2, -0.15) is 0 Å². The smallest absolute Gasteiger partial charge is 0.246 e. The summed E-state index contributed by atoms with van der Waals surface area (Å²) < 4.78 is 27.3. The highest BCUT2D eigenvalue weighted by Crippen LogP contribution is 2.46. The van der Waals surface area contributed by atoms with Gasteiger partial charge < -0.3 is 19.6 Å². The lowest BCUT2D eigenvalue weighted by Gasteiger charge is -2.27. The van der Waals surface area contributed by atoms with Crippen LogP contribution in [0.25, 0.3) is 44.1 Å². The number of benzene rings is 2. The Morgan fingerprint density at radius 2 is 2.05 bits per heavy atom. The monoisotopic (exact) mass is 568 g/mol. The summed E-state index contributed by atoms with van der Waals surface area (Å²) in [5, 5.41) is 16.8. The average Bonchev–Trinajstić information content (AvgIpc) is 3.67. The van der Waals surface area contributed by atoms with E-state index >= 15 is 0 Å². The molecule has 7 nitrogen and oxygen atoms in total. The van der Waals surface area contributed by atoms with E-state index in [1.54, 1.807) is 17.4 Å². The van der Waals surface area contributed by atoms with E-state index in [9.17, 15) is 9.50 Å². The van der Waals surface area contributed by atoms with Crippen molar-refractivity contribution in [2.45, 2.75) is 32.2 Å². The summed E-state index contributed by atoms with van der Waals surface area (Å²) in [7, 11) is 1.54. The number of nitrogens with one attached hydrogen (secondary N) is 1. The molecule has 3 aromatic heterocycles. The molecule has 0 spiro atoms. The van der Waals surface area contributed by atoms with Crippen LogP contribution in [0.15, 0.2) is 64.9 Å². The fraction of sp³-hybridized carbons (Fsp3) is 0.250. The summed E-state index contributed by atoms with van der Waals surface area (Å²) in [6, 6.07) is 13.2. The number of halogens is 1. The highest BCUT2D eigenvalue weighted by Gasteiger charge is 2.29. The van der Waals surface area contributed by atoms with E-state index in [1.165, 1.54) is 36.4 Å². The number of aliphatic hydroxyl groups is 1. The van der Waals surface area contributed by atoms with Crippen molar-refractivity contribution in [3.63, 3.8) is 0 Å². The molecule has 2 aromatic carbocycles. The van der Waals surface area contributed by atoms with Gasteiger partial charge >= 0.3 is 0 Å². The Kier molecular flexibility index (Phi) is 6.67. The average molecular weight is 569 g/mol. The number of nitrogens with zero attached hydrogens (tertiary/aromatic N) is 3. The SMILES string of the molecule is C=CC(O)N1CCc2oc(-c3nc(-c4ccc5c(c4)CCNC5)c4ccsc4c3-c3ccc(F)cc3OC)nc2C1. The molecule has 5 heterocycles. The molecule has 0 amide bonds. The maximum absolute atomic E-state index is 14.3. The van der Waals surface area contributed by atoms with Crippen LogP contribution in [0.1, 0.15) is 22.6 Å². The number of rotatable bonds is 6. The Morgan fingerprint density at radius 1 is 1.15 bits per heavy atom. The molecular formula is C32H29FN4O3S. The van der Waals surface area contributed by atoms with Crippen LogP contribution in [0.3, 0.4) is 0 Å². The van der Waals surface area contributed by atoms with E-state index in [0.717, 1.165) is 57.9 Å². The van der Waals surface area contributed by atoms with Crippen LogP contribution < -0.4 is 10.1 Å². The largest absolute Gasteiger partial charge is 0.496 e. The van der Waals surface area contributed by atoms with Crippen molar-refractivity contribution in [1.29, 1.82) is 0 Å². The second-order valence-electron chi connectivity index (χ2n) is 10.4. The first-order chi connectivity index (χ1) is 20.0. The molecule has 41 heavy (non-hydrogen) atoms. The van der Waals surface area contributed by atoms with Gasteiger partial charge in [-0.15, -0.1) is 11.3 Å². The van der Waals surface area contributed by atoms with E-state index in [2.05, 4.69) is 41.5 Å². The molecule has 0 bridgehead atoms. The molecule has 2 N–H and O–H groups in total. The van der Waals surface area contributed by atoms with Crippen molar-refractivity contribution in [3.05, 3.63) is 88.9 Å². The summed E-state index contributed by atoms with van der Waals surface area (Å²) in [6.45, 7) is 6.59. The fourth-order valence-electron chi connectivity index (χ4n) is 5.84. The van der Waals surface area contributed by atoms with Crippen LogP contribution in [-0.2, 0) is 25.9 Å². The predicted octanol–water partition coefficient (Wildman–Crippen LogP) is 5.94. The first kappa shape index (κ1) is 26.0. The normalized spacial score (nSPS) is 15.9. The first-order valence-electron chi connectivity index (χ1n) is 13.7. The number of pyridine rings is 1. The van der Waals surface area contributed by atoms with E-state index in [-0.39, 0.29) is 5.82 Å². The number of oxazole rings is 1. The Bertz CT molecular complexity index is 1800. The highest BCUT2D eigenvalue weighted by molar-refractivity contribution is 7.18. The molecular weight excluding hydrogens is 539 g/mol. The summed E-state index contributed by atoms with van der Waals surface area (Å²) in [5.41, 5.74) is 7.35. The van der Waals surface area contributed by atoms with Crippen molar-refractivity contribution in [2.24, 2.45) is 0 Å². The summed E-state index contributed by atoms with van der Waals surface area (Å²) >= 11 is 1.60. The molecule has 2 aliphatic heterocycles. The molecule has 0 fully saturated rings. The van der Waals surface area contributed by atoms with Crippen LogP contribution in [-0.4, -0.2) is 46.4 Å². The van der Waals surface area contributed by atoms with Crippen LogP contribution in [0.4, 0.5) is 4.39 Å². The van der Waals surface area contributed by atoms with Crippen molar-refractivity contribution in [2.75, 3.05) is 20.2 Å². The molecule has 0 aliphatic carbocycles. The number of aliphatic hydroxyl groups excluding tert-OH is 1. The van der Waals surface area contributed by atoms with E-state index < -0.39 is 6.23 Å². The molecule has 5 aromatic rings. The van der Waals surface area contributed by atoms with Crippen molar-refractivity contribution < 1.29 is 18.7 Å². The van der Waals surface area contributed by atoms with Gasteiger partial charge in [0.05, 0.1) is 18.5 Å². The number of hydrogen-bond donors (Lipinski definition) is 2. The quantitative estimate of drug-likeness (QED) is 0.245.